The number of methoxy groups -OCH3 is 2. The molecule has 13 heteroatoms. The van der Waals surface area contributed by atoms with Gasteiger partial charge < -0.3 is 39.1 Å². The Kier molecular flexibility index (Phi) is 9.31. The van der Waals surface area contributed by atoms with Gasteiger partial charge in [-0.3, -0.25) is 4.57 Å². The standard InChI is InChI=1S/C18H29N3O10/c1-4-7-29-18(9-27-2,10-28-3)16(25)31-20-12-5-6-21(17(26)19-12)15-14(24)13(23)11(8-22)30-15/h5-6,11,13-15,22-24H,4,7-10H2,1-3H3,(H,19,20,26)/t11-,13-,14-,15-/m1/s1. The summed E-state index contributed by atoms with van der Waals surface area (Å²) in [5.74, 6) is -0.931. The van der Waals surface area contributed by atoms with E-state index in [-0.39, 0.29) is 25.6 Å². The van der Waals surface area contributed by atoms with Crippen LogP contribution >= 0.6 is 0 Å². The van der Waals surface area contributed by atoms with Crippen LogP contribution in [-0.2, 0) is 28.6 Å². The van der Waals surface area contributed by atoms with Crippen LogP contribution in [0.15, 0.2) is 17.1 Å². The van der Waals surface area contributed by atoms with E-state index >= 15 is 0 Å². The number of nitrogens with zero attached hydrogens (tertiary/aromatic N) is 2. The van der Waals surface area contributed by atoms with E-state index in [9.17, 15) is 19.8 Å². The number of anilines is 1. The zero-order chi connectivity index (χ0) is 23.0. The van der Waals surface area contributed by atoms with Gasteiger partial charge in [-0.1, -0.05) is 6.92 Å². The van der Waals surface area contributed by atoms with Crippen LogP contribution in [0.25, 0.3) is 0 Å². The zero-order valence-electron chi connectivity index (χ0n) is 17.6. The smallest absolute Gasteiger partial charge is 0.368 e. The number of carbonyl (C=O) groups is 1. The van der Waals surface area contributed by atoms with E-state index in [1.54, 1.807) is 0 Å². The van der Waals surface area contributed by atoms with Crippen molar-refractivity contribution in [1.29, 1.82) is 0 Å². The van der Waals surface area contributed by atoms with Gasteiger partial charge in [-0.2, -0.15) is 4.98 Å². The Morgan fingerprint density at radius 1 is 1.29 bits per heavy atom. The van der Waals surface area contributed by atoms with E-state index in [2.05, 4.69) is 10.5 Å². The average molecular weight is 447 g/mol. The SMILES string of the molecule is CCCOC(COC)(COC)C(=O)ONc1ccn([C@@H]2O[C@H](CO)[C@@H](O)[C@H]2O)c(=O)n1. The average Bonchev–Trinajstić information content (AvgIpc) is 3.04. The molecule has 4 N–H and O–H groups in total. The first-order valence-electron chi connectivity index (χ1n) is 9.64. The molecule has 1 aliphatic rings. The Hall–Kier alpha value is -2.13. The lowest BCUT2D eigenvalue weighted by Crippen LogP contribution is -2.51. The minimum Gasteiger partial charge on any atom is -0.394 e. The van der Waals surface area contributed by atoms with Gasteiger partial charge in [0, 0.05) is 33.1 Å². The van der Waals surface area contributed by atoms with E-state index in [4.69, 9.17) is 28.9 Å². The molecule has 2 heterocycles. The van der Waals surface area contributed by atoms with Crippen molar-refractivity contribution in [3.05, 3.63) is 22.7 Å². The predicted octanol–water partition coefficient (Wildman–Crippen LogP) is -1.82. The minimum atomic E-state index is -1.52. The van der Waals surface area contributed by atoms with Crippen molar-refractivity contribution in [3.8, 4) is 0 Å². The van der Waals surface area contributed by atoms with E-state index in [0.29, 0.717) is 6.42 Å². The van der Waals surface area contributed by atoms with Gasteiger partial charge in [-0.25, -0.2) is 15.1 Å². The first-order valence-corrected chi connectivity index (χ1v) is 9.64. The molecule has 0 amide bonds. The van der Waals surface area contributed by atoms with Crippen LogP contribution in [0.5, 0.6) is 0 Å². The first-order chi connectivity index (χ1) is 14.8. The van der Waals surface area contributed by atoms with Crippen LogP contribution in [0.1, 0.15) is 19.6 Å². The summed E-state index contributed by atoms with van der Waals surface area (Å²) in [6, 6.07) is 1.30. The van der Waals surface area contributed by atoms with Gasteiger partial charge in [0.25, 0.3) is 0 Å². The summed E-state index contributed by atoms with van der Waals surface area (Å²) in [6.07, 6.45) is -3.19. The van der Waals surface area contributed by atoms with Gasteiger partial charge in [-0.15, -0.1) is 0 Å². The van der Waals surface area contributed by atoms with Crippen LogP contribution in [0.2, 0.25) is 0 Å². The monoisotopic (exact) mass is 447 g/mol. The van der Waals surface area contributed by atoms with Crippen molar-refractivity contribution in [2.24, 2.45) is 0 Å². The molecule has 1 saturated heterocycles. The van der Waals surface area contributed by atoms with E-state index < -0.39 is 48.4 Å². The van der Waals surface area contributed by atoms with Gasteiger partial charge >= 0.3 is 11.7 Å². The highest BCUT2D eigenvalue weighted by molar-refractivity contribution is 5.80. The van der Waals surface area contributed by atoms with Crippen molar-refractivity contribution in [2.75, 3.05) is 46.1 Å². The molecular weight excluding hydrogens is 418 g/mol. The van der Waals surface area contributed by atoms with Crippen LogP contribution in [0.3, 0.4) is 0 Å². The van der Waals surface area contributed by atoms with Gasteiger partial charge in [0.15, 0.2) is 12.0 Å². The Morgan fingerprint density at radius 2 is 1.97 bits per heavy atom. The Labute approximate surface area is 178 Å². The van der Waals surface area contributed by atoms with Crippen molar-refractivity contribution in [3.63, 3.8) is 0 Å². The molecule has 1 aliphatic heterocycles. The fourth-order valence-electron chi connectivity index (χ4n) is 3.03. The number of ether oxygens (including phenoxy) is 4. The van der Waals surface area contributed by atoms with Crippen LogP contribution in [0, 0.1) is 0 Å². The third kappa shape index (κ3) is 5.77. The maximum atomic E-state index is 12.6. The minimum absolute atomic E-state index is 0.0967. The van der Waals surface area contributed by atoms with E-state index in [0.717, 1.165) is 4.57 Å². The predicted molar refractivity (Wildman–Crippen MR) is 104 cm³/mol. The fraction of sp³-hybridized carbons (Fsp3) is 0.722. The Morgan fingerprint density at radius 3 is 2.48 bits per heavy atom. The number of hydrogen-bond donors (Lipinski definition) is 4. The third-order valence-corrected chi connectivity index (χ3v) is 4.58. The van der Waals surface area contributed by atoms with Crippen LogP contribution < -0.4 is 11.2 Å². The molecule has 31 heavy (non-hydrogen) atoms. The number of rotatable bonds is 12. The highest BCUT2D eigenvalue weighted by Gasteiger charge is 2.44. The molecule has 0 saturated carbocycles. The molecular formula is C18H29N3O10. The number of aliphatic hydroxyl groups is 3. The third-order valence-electron chi connectivity index (χ3n) is 4.58. The van der Waals surface area contributed by atoms with Crippen molar-refractivity contribution in [2.45, 2.75) is 43.5 Å². The van der Waals surface area contributed by atoms with Gasteiger partial charge in [0.05, 0.1) is 19.8 Å². The van der Waals surface area contributed by atoms with Gasteiger partial charge in [-0.05, 0) is 6.42 Å². The van der Waals surface area contributed by atoms with Gasteiger partial charge in [0.2, 0.25) is 5.60 Å². The molecule has 2 rings (SSSR count). The largest absolute Gasteiger partial charge is 0.394 e. The summed E-state index contributed by atoms with van der Waals surface area (Å²) in [6.45, 7) is 1.36. The van der Waals surface area contributed by atoms with Crippen LogP contribution in [0.4, 0.5) is 5.82 Å². The molecule has 0 spiro atoms. The number of aliphatic hydroxyl groups excluding tert-OH is 3. The molecule has 13 nitrogen and oxygen atoms in total. The molecule has 0 bridgehead atoms. The summed E-state index contributed by atoms with van der Waals surface area (Å²) >= 11 is 0. The maximum Gasteiger partial charge on any atom is 0.368 e. The molecule has 176 valence electrons. The highest BCUT2D eigenvalue weighted by atomic mass is 16.7. The Bertz CT molecular complexity index is 767. The van der Waals surface area contributed by atoms with Gasteiger partial charge in [0.1, 0.15) is 18.3 Å². The zero-order valence-corrected chi connectivity index (χ0v) is 17.6. The molecule has 0 unspecified atom stereocenters. The quantitative estimate of drug-likeness (QED) is 0.265. The summed E-state index contributed by atoms with van der Waals surface area (Å²) in [5.41, 5.74) is -0.0804. The number of nitrogens with one attached hydrogen (secondary N) is 1. The molecule has 0 aliphatic carbocycles. The van der Waals surface area contributed by atoms with Crippen molar-refractivity contribution >= 4 is 11.8 Å². The Balaban J connectivity index is 2.10. The van der Waals surface area contributed by atoms with Crippen LogP contribution in [-0.4, -0.2) is 95.4 Å². The second kappa shape index (κ2) is 11.5. The molecule has 1 aromatic heterocycles. The summed E-state index contributed by atoms with van der Waals surface area (Å²) in [4.78, 5) is 33.7. The second-order valence-corrected chi connectivity index (χ2v) is 6.93. The maximum absolute atomic E-state index is 12.6. The first kappa shape index (κ1) is 25.1. The highest BCUT2D eigenvalue weighted by Crippen LogP contribution is 2.28. The lowest BCUT2D eigenvalue weighted by Gasteiger charge is -2.29. The lowest BCUT2D eigenvalue weighted by molar-refractivity contribution is -0.186. The second-order valence-electron chi connectivity index (χ2n) is 6.93. The van der Waals surface area contributed by atoms with E-state index in [1.807, 2.05) is 6.92 Å². The number of hydrogen-bond acceptors (Lipinski definition) is 12. The molecule has 0 aromatic carbocycles. The normalized spacial score (nSPS) is 23.7. The summed E-state index contributed by atoms with van der Waals surface area (Å²) in [5, 5.41) is 29.0. The fourth-order valence-corrected chi connectivity index (χ4v) is 3.03. The number of aromatic nitrogens is 2. The molecule has 0 radical (unpaired) electrons. The lowest BCUT2D eigenvalue weighted by atomic mass is 10.1. The summed E-state index contributed by atoms with van der Waals surface area (Å²) in [7, 11) is 2.80. The van der Waals surface area contributed by atoms with E-state index in [1.165, 1.54) is 26.5 Å². The molecule has 1 aromatic rings. The number of carbonyl (C=O) groups excluding carboxylic acids is 1. The molecule has 4 atom stereocenters. The molecule has 1 fully saturated rings. The van der Waals surface area contributed by atoms with Crippen molar-refractivity contribution in [1.82, 2.24) is 9.55 Å². The topological polar surface area (TPSA) is 171 Å². The van der Waals surface area contributed by atoms with Crippen molar-refractivity contribution < 1.29 is 43.9 Å². The summed E-state index contributed by atoms with van der Waals surface area (Å²) < 4.78 is 22.0.